The van der Waals surface area contributed by atoms with E-state index in [1.54, 1.807) is 0 Å². The molecule has 0 saturated carbocycles. The summed E-state index contributed by atoms with van der Waals surface area (Å²) in [5, 5.41) is 20.8. The number of rotatable bonds is 7. The van der Waals surface area contributed by atoms with Crippen molar-refractivity contribution in [2.45, 2.75) is 24.5 Å². The van der Waals surface area contributed by atoms with E-state index in [2.05, 4.69) is 19.3 Å². The van der Waals surface area contributed by atoms with Crippen LogP contribution in [0.25, 0.3) is 11.2 Å². The summed E-state index contributed by atoms with van der Waals surface area (Å²) >= 11 is 0. The third kappa shape index (κ3) is 5.21. The third-order valence-corrected chi connectivity index (χ3v) is 7.77. The second-order valence-electron chi connectivity index (χ2n) is 7.08. The molecule has 4 heterocycles. The fraction of sp³-hybridized carbons (Fsp3) is 0.429. The predicted octanol–water partition coefficient (Wildman–Crippen LogP) is -5.27. The Morgan fingerprint density at radius 3 is 2.68 bits per heavy atom. The molecule has 6 atom stereocenters. The zero-order valence-corrected chi connectivity index (χ0v) is 21.6. The molecular weight excluding hydrogens is 511 g/mol. The molecule has 4 rings (SSSR count). The van der Waals surface area contributed by atoms with E-state index in [0.29, 0.717) is 4.34 Å². The fourth-order valence-electron chi connectivity index (χ4n) is 3.32. The van der Waals surface area contributed by atoms with Gasteiger partial charge in [-0.1, -0.05) is 4.98 Å². The summed E-state index contributed by atoms with van der Waals surface area (Å²) in [6, 6.07) is 0. The van der Waals surface area contributed by atoms with Crippen molar-refractivity contribution < 1.29 is 76.8 Å². The van der Waals surface area contributed by atoms with E-state index in [4.69, 9.17) is 15.0 Å². The molecule has 2 unspecified atom stereocenters. The Bertz CT molecular complexity index is 1330. The maximum Gasteiger partial charge on any atom is 1.00 e. The number of fused-ring (bicyclic) bond motifs is 1. The number of aryl methyl sites for hydroxylation is 1. The van der Waals surface area contributed by atoms with E-state index in [1.807, 2.05) is 0 Å². The van der Waals surface area contributed by atoms with E-state index >= 15 is 0 Å². The molecule has 3 aromatic heterocycles. The summed E-state index contributed by atoms with van der Waals surface area (Å²) in [5.41, 5.74) is 5.21. The van der Waals surface area contributed by atoms with Crippen LogP contribution in [0.3, 0.4) is 0 Å². The summed E-state index contributed by atoms with van der Waals surface area (Å²) in [6.45, 7) is -0.798. The normalized spacial score (nSPS) is 26.1. The maximum atomic E-state index is 12.2. The van der Waals surface area contributed by atoms with Gasteiger partial charge >= 0.3 is 50.8 Å². The summed E-state index contributed by atoms with van der Waals surface area (Å²) in [7, 11) is -8.37. The molecule has 0 aliphatic carbocycles. The number of anilines is 1. The molecular formula is C14H20N7NaO10P2+2. The number of H-pyrrole nitrogens is 1. The number of nitrogens with zero attached hydrogens (tertiary/aromatic N) is 5. The summed E-state index contributed by atoms with van der Waals surface area (Å²) in [6.07, 6.45) is -1.33. The number of aromatic nitrogens is 6. The number of imidazole rings is 2. The minimum Gasteiger partial charge on any atom is -0.387 e. The molecule has 0 radical (unpaired) electrons. The molecule has 0 amide bonds. The first-order valence-electron chi connectivity index (χ1n) is 9.17. The molecule has 0 bridgehead atoms. The van der Waals surface area contributed by atoms with Gasteiger partial charge < -0.3 is 30.5 Å². The summed E-state index contributed by atoms with van der Waals surface area (Å²) in [4.78, 5) is 41.7. The second-order valence-corrected chi connectivity index (χ2v) is 10.4. The molecule has 0 aromatic carbocycles. The molecule has 1 fully saturated rings. The first-order chi connectivity index (χ1) is 15.4. The number of hydrogen-bond donors (Lipinski definition) is 6. The van der Waals surface area contributed by atoms with E-state index in [0.717, 1.165) is 18.7 Å². The van der Waals surface area contributed by atoms with Crippen LogP contribution in [0, 0.1) is 0 Å². The van der Waals surface area contributed by atoms with Crippen molar-refractivity contribution in [3.8, 4) is 0 Å². The Morgan fingerprint density at radius 1 is 1.32 bits per heavy atom. The van der Waals surface area contributed by atoms with Gasteiger partial charge in [-0.15, -0.1) is 0 Å². The van der Waals surface area contributed by atoms with Crippen LogP contribution >= 0.6 is 15.6 Å². The molecule has 17 nitrogen and oxygen atoms in total. The average Bonchev–Trinajstić information content (AvgIpc) is 3.41. The van der Waals surface area contributed by atoms with Crippen molar-refractivity contribution in [2.75, 3.05) is 12.3 Å². The number of nitrogens with one attached hydrogen (secondary N) is 1. The van der Waals surface area contributed by atoms with Crippen LogP contribution in [0.15, 0.2) is 29.8 Å². The van der Waals surface area contributed by atoms with Crippen LogP contribution in [0.4, 0.5) is 5.95 Å². The van der Waals surface area contributed by atoms with Gasteiger partial charge in [0.05, 0.1) is 13.7 Å². The van der Waals surface area contributed by atoms with Gasteiger partial charge in [0.1, 0.15) is 24.6 Å². The number of aromatic amines is 1. The van der Waals surface area contributed by atoms with Gasteiger partial charge in [0.15, 0.2) is 6.33 Å². The van der Waals surface area contributed by atoms with Gasteiger partial charge in [0.2, 0.25) is 11.7 Å². The molecule has 0 spiro atoms. The number of phosphoric acid groups is 1. The maximum absolute atomic E-state index is 12.2. The Hall–Kier alpha value is -1.46. The Balaban J connectivity index is 0.00000324. The summed E-state index contributed by atoms with van der Waals surface area (Å²) in [5.74, 6) is -0.190. The number of aliphatic hydroxyl groups is 2. The van der Waals surface area contributed by atoms with Gasteiger partial charge in [-0.05, 0) is 0 Å². The van der Waals surface area contributed by atoms with Crippen LogP contribution in [-0.4, -0.2) is 68.8 Å². The molecule has 1 aliphatic heterocycles. The molecule has 1 saturated heterocycles. The minimum absolute atomic E-state index is 0. The Labute approximate surface area is 212 Å². The van der Waals surface area contributed by atoms with Crippen molar-refractivity contribution in [2.24, 2.45) is 7.05 Å². The van der Waals surface area contributed by atoms with Gasteiger partial charge in [0, 0.05) is 12.4 Å². The molecule has 34 heavy (non-hydrogen) atoms. The first-order valence-corrected chi connectivity index (χ1v) is 12.2. The van der Waals surface area contributed by atoms with Crippen LogP contribution in [0.1, 0.15) is 6.23 Å². The topological polar surface area (TPSA) is 241 Å². The molecule has 1 aliphatic rings. The number of nitrogens with two attached hydrogens (primary N) is 1. The van der Waals surface area contributed by atoms with Crippen LogP contribution in [0.2, 0.25) is 0 Å². The SMILES string of the molecule is Cn1c[n+]([C@@H]2O[C@H](COP(=O)(O)OP(=O)(O)n3ccnc3)[C@@H](O)[C@H]2O)c2nc(N)[nH]c(=O)c21.[Na+]. The predicted molar refractivity (Wildman–Crippen MR) is 106 cm³/mol. The standard InChI is InChI=1S/C14H19N7O10P2.Na/c1-19-6-21(11-8(19)12(24)18-14(15)17-11)13-10(23)9(22)7(30-13)4-29-33(27,28)31-32(25,26)20-3-2-16-5-20;/h2-3,5-7,9-10,13,22-23H,4H2,1H3,(H4-,15,17,18,24,25,26,27,28);/q;+1/p+1/t7-,9-,10-,13-;/m1./s1. The smallest absolute Gasteiger partial charge is 0.387 e. The second kappa shape index (κ2) is 9.89. The van der Waals surface area contributed by atoms with Gasteiger partial charge in [-0.2, -0.15) is 4.31 Å². The number of ether oxygens (including phenoxy) is 1. The van der Waals surface area contributed by atoms with E-state index < -0.39 is 52.3 Å². The summed E-state index contributed by atoms with van der Waals surface area (Å²) < 4.78 is 42.1. The van der Waals surface area contributed by atoms with Crippen molar-refractivity contribution in [1.29, 1.82) is 0 Å². The zero-order chi connectivity index (χ0) is 24.1. The largest absolute Gasteiger partial charge is 1.00 e. The van der Waals surface area contributed by atoms with Crippen molar-refractivity contribution >= 4 is 32.7 Å². The first kappa shape index (κ1) is 27.1. The van der Waals surface area contributed by atoms with Gasteiger partial charge in [-0.25, -0.2) is 23.0 Å². The minimum atomic E-state index is -5.11. The molecule has 3 aromatic rings. The van der Waals surface area contributed by atoms with Crippen molar-refractivity contribution in [3.05, 3.63) is 35.4 Å². The van der Waals surface area contributed by atoms with E-state index in [-0.39, 0.29) is 46.7 Å². The van der Waals surface area contributed by atoms with Crippen LogP contribution in [-0.2, 0) is 29.7 Å². The van der Waals surface area contributed by atoms with E-state index in [1.165, 1.54) is 22.5 Å². The molecule has 180 valence electrons. The van der Waals surface area contributed by atoms with Crippen molar-refractivity contribution in [1.82, 2.24) is 23.9 Å². The van der Waals surface area contributed by atoms with Crippen molar-refractivity contribution in [3.63, 3.8) is 0 Å². The van der Waals surface area contributed by atoms with E-state index in [9.17, 15) is 33.9 Å². The Morgan fingerprint density at radius 2 is 2.03 bits per heavy atom. The monoisotopic (exact) mass is 531 g/mol. The fourth-order valence-corrected chi connectivity index (χ4v) is 5.68. The molecule has 7 N–H and O–H groups in total. The molecule has 20 heteroatoms. The number of aliphatic hydroxyl groups excluding tert-OH is 2. The Kier molecular flexibility index (Phi) is 7.89. The van der Waals surface area contributed by atoms with Crippen LogP contribution < -0.4 is 45.4 Å². The third-order valence-electron chi connectivity index (χ3n) is 4.79. The average molecular weight is 531 g/mol. The number of hydrogen-bond acceptors (Lipinski definition) is 11. The quantitative estimate of drug-likeness (QED) is 0.0950. The van der Waals surface area contributed by atoms with Crippen LogP contribution in [0.5, 0.6) is 0 Å². The van der Waals surface area contributed by atoms with Gasteiger partial charge in [-0.3, -0.25) is 18.9 Å². The van der Waals surface area contributed by atoms with Gasteiger partial charge in [0.25, 0.3) is 11.5 Å². The zero-order valence-electron chi connectivity index (χ0n) is 17.8. The number of phosphoric ester groups is 1. The number of nitrogen functional groups attached to an aromatic ring is 1.